The van der Waals surface area contributed by atoms with Gasteiger partial charge in [-0.25, -0.2) is 4.79 Å². The molecule has 7 nitrogen and oxygen atoms in total. The topological polar surface area (TPSA) is 110 Å². The fourth-order valence-corrected chi connectivity index (χ4v) is 4.62. The van der Waals surface area contributed by atoms with Crippen molar-refractivity contribution >= 4 is 23.2 Å². The molecule has 1 atom stereocenters. The lowest BCUT2D eigenvalue weighted by atomic mass is 9.97. The molecule has 0 aliphatic heterocycles. The third-order valence-corrected chi connectivity index (χ3v) is 6.85. The van der Waals surface area contributed by atoms with E-state index in [0.29, 0.717) is 12.1 Å². The van der Waals surface area contributed by atoms with Gasteiger partial charge in [-0.05, 0) is 78.1 Å². The molecule has 0 spiro atoms. The van der Waals surface area contributed by atoms with Crippen LogP contribution in [0.1, 0.15) is 49.7 Å². The summed E-state index contributed by atoms with van der Waals surface area (Å²) in [5.74, 6) is -1.12. The van der Waals surface area contributed by atoms with E-state index in [1.54, 1.807) is 16.9 Å². The summed E-state index contributed by atoms with van der Waals surface area (Å²) in [5.41, 5.74) is 11.8. The third-order valence-electron chi connectivity index (χ3n) is 5.72. The Morgan fingerprint density at radius 3 is 2.53 bits per heavy atom. The van der Waals surface area contributed by atoms with Gasteiger partial charge in [0.25, 0.3) is 5.91 Å². The molecule has 34 heavy (non-hydrogen) atoms. The first kappa shape index (κ1) is 23.4. The zero-order valence-corrected chi connectivity index (χ0v) is 20.0. The third kappa shape index (κ3) is 4.93. The van der Waals surface area contributed by atoms with Crippen LogP contribution in [0.4, 0.5) is 0 Å². The highest BCUT2D eigenvalue weighted by Crippen LogP contribution is 2.34. The first-order valence-corrected chi connectivity index (χ1v) is 11.6. The normalized spacial score (nSPS) is 11.9. The predicted octanol–water partition coefficient (Wildman–Crippen LogP) is 4.77. The number of hydrogen-bond acceptors (Lipinski definition) is 5. The first-order chi connectivity index (χ1) is 16.2. The number of benzene rings is 2. The van der Waals surface area contributed by atoms with E-state index in [0.717, 1.165) is 38.3 Å². The van der Waals surface area contributed by atoms with Gasteiger partial charge in [0.1, 0.15) is 4.88 Å². The zero-order chi connectivity index (χ0) is 24.4. The Morgan fingerprint density at radius 1 is 1.12 bits per heavy atom. The highest BCUT2D eigenvalue weighted by atomic mass is 32.1. The summed E-state index contributed by atoms with van der Waals surface area (Å²) < 4.78 is 1.73. The van der Waals surface area contributed by atoms with Gasteiger partial charge in [-0.3, -0.25) is 9.48 Å². The van der Waals surface area contributed by atoms with E-state index >= 15 is 0 Å². The molecular weight excluding hydrogens is 448 g/mol. The van der Waals surface area contributed by atoms with Gasteiger partial charge >= 0.3 is 5.97 Å². The number of carbonyl (C=O) groups is 2. The molecule has 0 saturated carbocycles. The Labute approximate surface area is 201 Å². The maximum absolute atomic E-state index is 13.1. The number of thiophene rings is 1. The van der Waals surface area contributed by atoms with Gasteiger partial charge in [0, 0.05) is 35.8 Å². The van der Waals surface area contributed by atoms with Gasteiger partial charge in [-0.15, -0.1) is 11.3 Å². The zero-order valence-electron chi connectivity index (χ0n) is 19.2. The second-order valence-corrected chi connectivity index (χ2v) is 9.35. The molecule has 0 fully saturated rings. The van der Waals surface area contributed by atoms with Crippen molar-refractivity contribution in [3.8, 4) is 21.6 Å². The van der Waals surface area contributed by atoms with Crippen molar-refractivity contribution in [1.82, 2.24) is 15.1 Å². The molecular formula is C26H26N4O3S. The van der Waals surface area contributed by atoms with Crippen LogP contribution in [0.15, 0.2) is 60.9 Å². The number of carboxylic acids is 1. The summed E-state index contributed by atoms with van der Waals surface area (Å²) in [4.78, 5) is 25.6. The van der Waals surface area contributed by atoms with Crippen molar-refractivity contribution in [1.29, 1.82) is 0 Å². The lowest BCUT2D eigenvalue weighted by molar-refractivity contribution is 0.0702. The average Bonchev–Trinajstić information content (AvgIpc) is 3.49. The number of nitrogens with zero attached hydrogens (tertiary/aromatic N) is 2. The van der Waals surface area contributed by atoms with Crippen molar-refractivity contribution in [2.75, 3.05) is 0 Å². The first-order valence-electron chi connectivity index (χ1n) is 10.8. The molecule has 0 aliphatic carbocycles. The summed E-state index contributed by atoms with van der Waals surface area (Å²) in [6, 6.07) is 14.8. The molecule has 174 valence electrons. The highest BCUT2D eigenvalue weighted by Gasteiger charge is 2.17. The minimum Gasteiger partial charge on any atom is -0.477 e. The minimum absolute atomic E-state index is 0.169. The number of hydrogen-bond donors (Lipinski definition) is 3. The van der Waals surface area contributed by atoms with Crippen LogP contribution in [0.2, 0.25) is 0 Å². The molecule has 4 N–H and O–H groups in total. The van der Waals surface area contributed by atoms with Gasteiger partial charge in [0.05, 0.1) is 12.2 Å². The molecule has 2 heterocycles. The minimum atomic E-state index is -0.949. The van der Waals surface area contributed by atoms with Crippen LogP contribution in [-0.4, -0.2) is 26.8 Å². The standard InChI is InChI=1S/C26H26N4O3S/c1-15-4-5-17(12-27)8-22(15)25(31)29-16(2)18-9-19(21-13-28-30(3)14-21)11-20(10-18)23-6-7-24(34-23)26(32)33/h4-11,13-14,16H,12,27H2,1-3H3,(H,29,31)(H,32,33). The van der Waals surface area contributed by atoms with Gasteiger partial charge in [0.15, 0.2) is 0 Å². The van der Waals surface area contributed by atoms with Gasteiger partial charge < -0.3 is 16.2 Å². The second-order valence-electron chi connectivity index (χ2n) is 8.26. The average molecular weight is 475 g/mol. The summed E-state index contributed by atoms with van der Waals surface area (Å²) in [6.07, 6.45) is 3.70. The van der Waals surface area contributed by atoms with Crippen LogP contribution in [0.5, 0.6) is 0 Å². The Balaban J connectivity index is 1.71. The molecule has 0 bridgehead atoms. The van der Waals surface area contributed by atoms with Crippen LogP contribution >= 0.6 is 11.3 Å². The molecule has 8 heteroatoms. The Bertz CT molecular complexity index is 1370. The summed E-state index contributed by atoms with van der Waals surface area (Å²) in [7, 11) is 1.85. The smallest absolute Gasteiger partial charge is 0.345 e. The van der Waals surface area contributed by atoms with Gasteiger partial charge in [-0.1, -0.05) is 12.1 Å². The largest absolute Gasteiger partial charge is 0.477 e. The molecule has 4 aromatic rings. The summed E-state index contributed by atoms with van der Waals surface area (Å²) >= 11 is 1.22. The number of rotatable bonds is 7. The van der Waals surface area contributed by atoms with E-state index in [1.165, 1.54) is 11.3 Å². The maximum atomic E-state index is 13.1. The molecule has 2 aromatic carbocycles. The molecule has 0 aliphatic rings. The fraction of sp³-hybridized carbons (Fsp3) is 0.192. The number of carboxylic acid groups (broad SMARTS) is 1. The van der Waals surface area contributed by atoms with E-state index < -0.39 is 5.97 Å². The number of nitrogens with one attached hydrogen (secondary N) is 1. The Morgan fingerprint density at radius 2 is 1.88 bits per heavy atom. The number of nitrogens with two attached hydrogens (primary N) is 1. The van der Waals surface area contributed by atoms with E-state index in [1.807, 2.05) is 69.6 Å². The number of amides is 1. The summed E-state index contributed by atoms with van der Waals surface area (Å²) in [5, 5.41) is 16.7. The second kappa shape index (κ2) is 9.62. The molecule has 1 unspecified atom stereocenters. The molecule has 2 aromatic heterocycles. The van der Waals surface area contributed by atoms with Crippen molar-refractivity contribution in [2.24, 2.45) is 12.8 Å². The highest BCUT2D eigenvalue weighted by molar-refractivity contribution is 7.17. The number of carbonyl (C=O) groups excluding carboxylic acids is 1. The number of aromatic carboxylic acids is 1. The number of aryl methyl sites for hydroxylation is 2. The van der Waals surface area contributed by atoms with Crippen LogP contribution < -0.4 is 11.1 Å². The van der Waals surface area contributed by atoms with Crippen LogP contribution in [0, 0.1) is 6.92 Å². The quantitative estimate of drug-likeness (QED) is 0.357. The molecule has 4 rings (SSSR count). The number of aromatic nitrogens is 2. The Kier molecular flexibility index (Phi) is 6.63. The summed E-state index contributed by atoms with van der Waals surface area (Å²) in [6.45, 7) is 4.20. The molecule has 0 saturated heterocycles. The van der Waals surface area contributed by atoms with Crippen LogP contribution in [0.25, 0.3) is 21.6 Å². The van der Waals surface area contributed by atoms with E-state index in [2.05, 4.69) is 10.4 Å². The van der Waals surface area contributed by atoms with E-state index in [9.17, 15) is 14.7 Å². The van der Waals surface area contributed by atoms with Gasteiger partial charge in [0.2, 0.25) is 0 Å². The van der Waals surface area contributed by atoms with Gasteiger partial charge in [-0.2, -0.15) is 5.10 Å². The monoisotopic (exact) mass is 474 g/mol. The lowest BCUT2D eigenvalue weighted by Gasteiger charge is -2.18. The predicted molar refractivity (Wildman–Crippen MR) is 134 cm³/mol. The van der Waals surface area contributed by atoms with Crippen LogP contribution in [-0.2, 0) is 13.6 Å². The van der Waals surface area contributed by atoms with Crippen molar-refractivity contribution < 1.29 is 14.7 Å². The van der Waals surface area contributed by atoms with Crippen LogP contribution in [0.3, 0.4) is 0 Å². The SMILES string of the molecule is Cc1ccc(CN)cc1C(=O)NC(C)c1cc(-c2cnn(C)c2)cc(-c2ccc(C(=O)O)s2)c1. The van der Waals surface area contributed by atoms with Crippen molar-refractivity contribution in [2.45, 2.75) is 26.4 Å². The Hall–Kier alpha value is -3.75. The van der Waals surface area contributed by atoms with Crippen molar-refractivity contribution in [3.05, 3.63) is 88.1 Å². The molecule has 0 radical (unpaired) electrons. The fourth-order valence-electron chi connectivity index (χ4n) is 3.79. The lowest BCUT2D eigenvalue weighted by Crippen LogP contribution is -2.27. The van der Waals surface area contributed by atoms with E-state index in [-0.39, 0.29) is 16.8 Å². The van der Waals surface area contributed by atoms with Crippen molar-refractivity contribution in [3.63, 3.8) is 0 Å². The maximum Gasteiger partial charge on any atom is 0.345 e. The van der Waals surface area contributed by atoms with E-state index in [4.69, 9.17) is 5.73 Å². The molecule has 1 amide bonds.